The van der Waals surface area contributed by atoms with E-state index in [0.717, 1.165) is 0 Å². The molecule has 0 unspecified atom stereocenters. The van der Waals surface area contributed by atoms with Crippen molar-refractivity contribution in [1.82, 2.24) is 5.43 Å². The lowest BCUT2D eigenvalue weighted by molar-refractivity contribution is -0.120. The predicted molar refractivity (Wildman–Crippen MR) is 60.6 cm³/mol. The van der Waals surface area contributed by atoms with Crippen LogP contribution in [-0.4, -0.2) is 24.3 Å². The minimum Gasteiger partial charge on any atom is -0.504 e. The van der Waals surface area contributed by atoms with E-state index in [1.165, 1.54) is 19.4 Å². The van der Waals surface area contributed by atoms with Gasteiger partial charge in [0.25, 0.3) is 5.91 Å². The normalized spacial score (nSPS) is 9.88. The fraction of sp³-hybridized carbons (Fsp3) is 0.182. The molecule has 0 aliphatic heterocycles. The maximum atomic E-state index is 10.9. The van der Waals surface area contributed by atoms with Crippen LogP contribution in [0, 0.1) is 11.3 Å². The van der Waals surface area contributed by atoms with Crippen molar-refractivity contribution in [3.8, 4) is 17.6 Å². The number of hydrogen-bond acceptors (Lipinski definition) is 5. The van der Waals surface area contributed by atoms with Crippen molar-refractivity contribution in [3.05, 3.63) is 23.8 Å². The van der Waals surface area contributed by atoms with E-state index < -0.39 is 5.91 Å². The monoisotopic (exact) mass is 233 g/mol. The first-order valence-corrected chi connectivity index (χ1v) is 4.73. The molecule has 0 radical (unpaired) electrons. The van der Waals surface area contributed by atoms with E-state index in [2.05, 4.69) is 10.5 Å². The average molecular weight is 233 g/mol. The molecule has 1 aromatic carbocycles. The molecule has 6 nitrogen and oxygen atoms in total. The van der Waals surface area contributed by atoms with E-state index in [1.807, 2.05) is 0 Å². The second-order valence-corrected chi connectivity index (χ2v) is 3.06. The number of amides is 1. The molecule has 0 saturated heterocycles. The number of hydrazone groups is 1. The SMILES string of the molecule is COc1cc(/C=N\NC(=O)CC#N)ccc1O. The Hall–Kier alpha value is -2.55. The Labute approximate surface area is 98.1 Å². The van der Waals surface area contributed by atoms with Crippen LogP contribution < -0.4 is 10.2 Å². The second kappa shape index (κ2) is 6.12. The van der Waals surface area contributed by atoms with E-state index in [-0.39, 0.29) is 12.2 Å². The van der Waals surface area contributed by atoms with Gasteiger partial charge in [0.15, 0.2) is 11.5 Å². The van der Waals surface area contributed by atoms with Gasteiger partial charge in [0.2, 0.25) is 0 Å². The fourth-order valence-corrected chi connectivity index (χ4v) is 1.06. The van der Waals surface area contributed by atoms with Crippen LogP contribution in [0.3, 0.4) is 0 Å². The molecule has 0 aliphatic carbocycles. The topological polar surface area (TPSA) is 94.7 Å². The maximum absolute atomic E-state index is 10.9. The average Bonchev–Trinajstić information content (AvgIpc) is 2.31. The Morgan fingerprint density at radius 1 is 1.71 bits per heavy atom. The van der Waals surface area contributed by atoms with E-state index in [1.54, 1.807) is 18.2 Å². The zero-order chi connectivity index (χ0) is 12.7. The van der Waals surface area contributed by atoms with Gasteiger partial charge in [-0.05, 0) is 23.8 Å². The van der Waals surface area contributed by atoms with Crippen molar-refractivity contribution >= 4 is 12.1 Å². The first kappa shape index (κ1) is 12.5. The lowest BCUT2D eigenvalue weighted by Gasteiger charge is -2.03. The molecular formula is C11H11N3O3. The number of phenols is 1. The molecule has 17 heavy (non-hydrogen) atoms. The van der Waals surface area contributed by atoms with Crippen LogP contribution in [0.25, 0.3) is 0 Å². The number of carbonyl (C=O) groups excluding carboxylic acids is 1. The van der Waals surface area contributed by atoms with E-state index in [4.69, 9.17) is 10.00 Å². The molecule has 1 amide bonds. The van der Waals surface area contributed by atoms with Crippen LogP contribution in [0.5, 0.6) is 11.5 Å². The van der Waals surface area contributed by atoms with Gasteiger partial charge in [-0.15, -0.1) is 0 Å². The Morgan fingerprint density at radius 2 is 2.47 bits per heavy atom. The Kier molecular flexibility index (Phi) is 4.51. The predicted octanol–water partition coefficient (Wildman–Crippen LogP) is 0.765. The zero-order valence-electron chi connectivity index (χ0n) is 9.17. The largest absolute Gasteiger partial charge is 0.504 e. The van der Waals surface area contributed by atoms with Crippen molar-refractivity contribution in [2.75, 3.05) is 7.11 Å². The van der Waals surface area contributed by atoms with Gasteiger partial charge in [0.05, 0.1) is 19.4 Å². The van der Waals surface area contributed by atoms with Gasteiger partial charge in [-0.2, -0.15) is 10.4 Å². The van der Waals surface area contributed by atoms with Crippen molar-refractivity contribution in [1.29, 1.82) is 5.26 Å². The minimum atomic E-state index is -0.477. The quantitative estimate of drug-likeness (QED) is 0.593. The first-order valence-electron chi connectivity index (χ1n) is 4.73. The van der Waals surface area contributed by atoms with Gasteiger partial charge in [-0.3, -0.25) is 4.79 Å². The summed E-state index contributed by atoms with van der Waals surface area (Å²) in [4.78, 5) is 10.9. The zero-order valence-corrected chi connectivity index (χ0v) is 9.17. The van der Waals surface area contributed by atoms with Gasteiger partial charge >= 0.3 is 0 Å². The standard InChI is InChI=1S/C11H11N3O3/c1-17-10-6-8(2-3-9(10)15)7-13-14-11(16)4-5-12/h2-3,6-7,15H,4H2,1H3,(H,14,16)/b13-7-. The van der Waals surface area contributed by atoms with Crippen molar-refractivity contribution < 1.29 is 14.6 Å². The number of aromatic hydroxyl groups is 1. The maximum Gasteiger partial charge on any atom is 0.254 e. The summed E-state index contributed by atoms with van der Waals surface area (Å²) in [5.74, 6) is -0.134. The third-order valence-electron chi connectivity index (χ3n) is 1.85. The van der Waals surface area contributed by atoms with Crippen LogP contribution in [0.4, 0.5) is 0 Å². The summed E-state index contributed by atoms with van der Waals surface area (Å²) in [7, 11) is 1.44. The number of nitrogens with zero attached hydrogens (tertiary/aromatic N) is 2. The number of rotatable bonds is 4. The lowest BCUT2D eigenvalue weighted by Crippen LogP contribution is -2.16. The summed E-state index contributed by atoms with van der Waals surface area (Å²) in [6.07, 6.45) is 1.15. The first-order chi connectivity index (χ1) is 8.17. The Balaban J connectivity index is 2.66. The molecule has 0 bridgehead atoms. The summed E-state index contributed by atoms with van der Waals surface area (Å²) in [5.41, 5.74) is 2.84. The van der Waals surface area contributed by atoms with E-state index >= 15 is 0 Å². The van der Waals surface area contributed by atoms with Crippen LogP contribution in [0.15, 0.2) is 23.3 Å². The molecule has 0 aromatic heterocycles. The van der Waals surface area contributed by atoms with Gasteiger partial charge in [0, 0.05) is 0 Å². The van der Waals surface area contributed by atoms with Gasteiger partial charge in [-0.25, -0.2) is 5.43 Å². The highest BCUT2D eigenvalue weighted by Crippen LogP contribution is 2.25. The molecule has 0 aliphatic rings. The molecule has 88 valence electrons. The van der Waals surface area contributed by atoms with Crippen LogP contribution >= 0.6 is 0 Å². The van der Waals surface area contributed by atoms with Crippen molar-refractivity contribution in [3.63, 3.8) is 0 Å². The molecule has 1 aromatic rings. The summed E-state index contributed by atoms with van der Waals surface area (Å²) in [6.45, 7) is 0. The number of ether oxygens (including phenoxy) is 1. The number of nitriles is 1. The molecule has 0 fully saturated rings. The molecule has 0 spiro atoms. The van der Waals surface area contributed by atoms with Crippen molar-refractivity contribution in [2.45, 2.75) is 6.42 Å². The molecule has 6 heteroatoms. The van der Waals surface area contributed by atoms with Crippen LogP contribution in [-0.2, 0) is 4.79 Å². The van der Waals surface area contributed by atoms with Gasteiger partial charge < -0.3 is 9.84 Å². The highest BCUT2D eigenvalue weighted by atomic mass is 16.5. The summed E-state index contributed by atoms with van der Waals surface area (Å²) < 4.78 is 4.91. The van der Waals surface area contributed by atoms with Gasteiger partial charge in [-0.1, -0.05) is 0 Å². The fourth-order valence-electron chi connectivity index (χ4n) is 1.06. The number of nitrogens with one attached hydrogen (secondary N) is 1. The van der Waals surface area contributed by atoms with Crippen LogP contribution in [0.1, 0.15) is 12.0 Å². The molecule has 0 saturated carbocycles. The van der Waals surface area contributed by atoms with E-state index in [0.29, 0.717) is 11.3 Å². The molecule has 2 N–H and O–H groups in total. The number of methoxy groups -OCH3 is 1. The number of phenolic OH excluding ortho intramolecular Hbond substituents is 1. The molecular weight excluding hydrogens is 222 g/mol. The lowest BCUT2D eigenvalue weighted by atomic mass is 10.2. The highest BCUT2D eigenvalue weighted by molar-refractivity contribution is 5.83. The molecule has 1 rings (SSSR count). The number of benzene rings is 1. The minimum absolute atomic E-state index is 0.0261. The second-order valence-electron chi connectivity index (χ2n) is 3.06. The number of carbonyl (C=O) groups is 1. The molecule has 0 heterocycles. The van der Waals surface area contributed by atoms with E-state index in [9.17, 15) is 9.90 Å². The third-order valence-corrected chi connectivity index (χ3v) is 1.85. The van der Waals surface area contributed by atoms with Gasteiger partial charge in [0.1, 0.15) is 6.42 Å². The summed E-state index contributed by atoms with van der Waals surface area (Å²) in [6, 6.07) is 6.33. The Bertz CT molecular complexity index is 477. The smallest absolute Gasteiger partial charge is 0.254 e. The summed E-state index contributed by atoms with van der Waals surface area (Å²) >= 11 is 0. The number of hydrogen-bond donors (Lipinski definition) is 2. The Morgan fingerprint density at radius 3 is 3.12 bits per heavy atom. The highest BCUT2D eigenvalue weighted by Gasteiger charge is 2.01. The van der Waals surface area contributed by atoms with Crippen molar-refractivity contribution in [2.24, 2.45) is 5.10 Å². The summed E-state index contributed by atoms with van der Waals surface area (Å²) in [5, 5.41) is 21.2. The third kappa shape index (κ3) is 3.83. The molecule has 0 atom stereocenters. The van der Waals surface area contributed by atoms with Crippen LogP contribution in [0.2, 0.25) is 0 Å².